The van der Waals surface area contributed by atoms with E-state index in [0.717, 1.165) is 11.5 Å². The highest BCUT2D eigenvalue weighted by molar-refractivity contribution is 5.30. The smallest absolute Gasteiger partial charge is 0.170 e. The third-order valence-corrected chi connectivity index (χ3v) is 3.00. The van der Waals surface area contributed by atoms with Gasteiger partial charge in [0.2, 0.25) is 0 Å². The van der Waals surface area contributed by atoms with E-state index in [9.17, 15) is 0 Å². The first kappa shape index (κ1) is 13.6. The molecule has 0 amide bonds. The average molecular weight is 261 g/mol. The van der Waals surface area contributed by atoms with Crippen LogP contribution in [0.1, 0.15) is 26.1 Å². The number of aliphatic hydroxyl groups excluding tert-OH is 1. The predicted molar refractivity (Wildman–Crippen MR) is 71.8 cm³/mol. The second kappa shape index (κ2) is 5.90. The quantitative estimate of drug-likeness (QED) is 0.808. The number of aromatic nitrogens is 4. The Balaban J connectivity index is 2.09. The minimum absolute atomic E-state index is 0.151. The average Bonchev–Trinajstić information content (AvgIpc) is 2.86. The molecule has 0 bridgehead atoms. The van der Waals surface area contributed by atoms with E-state index in [1.165, 1.54) is 0 Å². The molecule has 2 aromatic rings. The summed E-state index contributed by atoms with van der Waals surface area (Å²) in [5.41, 5.74) is 0.784. The van der Waals surface area contributed by atoms with Gasteiger partial charge in [-0.2, -0.15) is 4.68 Å². The van der Waals surface area contributed by atoms with Crippen molar-refractivity contribution in [1.82, 2.24) is 25.5 Å². The number of hydrogen-bond donors (Lipinski definition) is 2. The zero-order valence-electron chi connectivity index (χ0n) is 11.2. The Labute approximate surface area is 112 Å². The summed E-state index contributed by atoms with van der Waals surface area (Å²) >= 11 is 0. The summed E-state index contributed by atoms with van der Waals surface area (Å²) < 4.78 is 1.71. The lowest BCUT2D eigenvalue weighted by atomic mass is 10.0. The molecule has 1 aromatic carbocycles. The topological polar surface area (TPSA) is 75.9 Å². The highest BCUT2D eigenvalue weighted by Gasteiger charge is 2.18. The molecule has 102 valence electrons. The zero-order chi connectivity index (χ0) is 13.7. The number of aliphatic hydroxyl groups is 1. The molecule has 6 heteroatoms. The van der Waals surface area contributed by atoms with Crippen LogP contribution in [-0.4, -0.2) is 37.5 Å². The summed E-state index contributed by atoms with van der Waals surface area (Å²) in [5, 5.41) is 24.1. The maximum atomic E-state index is 9.01. The molecule has 0 aliphatic heterocycles. The van der Waals surface area contributed by atoms with Crippen LogP contribution in [0.5, 0.6) is 0 Å². The number of nitrogens with zero attached hydrogens (tertiary/aromatic N) is 4. The first-order chi connectivity index (χ1) is 9.12. The van der Waals surface area contributed by atoms with Crippen molar-refractivity contribution in [3.8, 4) is 5.69 Å². The molecule has 0 aliphatic carbocycles. The van der Waals surface area contributed by atoms with Crippen LogP contribution in [0.3, 0.4) is 0 Å². The minimum Gasteiger partial charge on any atom is -0.396 e. The Morgan fingerprint density at radius 1 is 1.26 bits per heavy atom. The minimum atomic E-state index is -0.151. The molecule has 0 radical (unpaired) electrons. The molecule has 0 atom stereocenters. The second-order valence-electron chi connectivity index (χ2n) is 5.05. The van der Waals surface area contributed by atoms with Gasteiger partial charge in [-0.15, -0.1) is 5.10 Å². The van der Waals surface area contributed by atoms with Crippen molar-refractivity contribution in [2.45, 2.75) is 32.4 Å². The van der Waals surface area contributed by atoms with E-state index in [-0.39, 0.29) is 12.1 Å². The van der Waals surface area contributed by atoms with E-state index >= 15 is 0 Å². The van der Waals surface area contributed by atoms with Gasteiger partial charge in [-0.05, 0) is 42.8 Å². The SMILES string of the molecule is CC(C)(CCO)NCc1nnnn1-c1ccccc1. The molecule has 1 heterocycles. The van der Waals surface area contributed by atoms with E-state index < -0.39 is 0 Å². The van der Waals surface area contributed by atoms with Gasteiger partial charge in [-0.1, -0.05) is 18.2 Å². The molecule has 0 saturated carbocycles. The Bertz CT molecular complexity index is 509. The second-order valence-corrected chi connectivity index (χ2v) is 5.05. The van der Waals surface area contributed by atoms with E-state index in [1.54, 1.807) is 4.68 Å². The molecule has 1 aromatic heterocycles. The van der Waals surface area contributed by atoms with E-state index in [1.807, 2.05) is 44.2 Å². The van der Waals surface area contributed by atoms with Crippen LogP contribution in [0.4, 0.5) is 0 Å². The van der Waals surface area contributed by atoms with Gasteiger partial charge in [-0.25, -0.2) is 0 Å². The van der Waals surface area contributed by atoms with Crippen molar-refractivity contribution in [3.63, 3.8) is 0 Å². The fraction of sp³-hybridized carbons (Fsp3) is 0.462. The maximum Gasteiger partial charge on any atom is 0.170 e. The number of benzene rings is 1. The zero-order valence-corrected chi connectivity index (χ0v) is 11.2. The van der Waals surface area contributed by atoms with Crippen molar-refractivity contribution in [2.24, 2.45) is 0 Å². The maximum absolute atomic E-state index is 9.01. The van der Waals surface area contributed by atoms with Crippen molar-refractivity contribution in [3.05, 3.63) is 36.2 Å². The molecule has 0 unspecified atom stereocenters. The summed E-state index contributed by atoms with van der Waals surface area (Å²) in [4.78, 5) is 0. The summed E-state index contributed by atoms with van der Waals surface area (Å²) in [6, 6.07) is 9.77. The Morgan fingerprint density at radius 2 is 2.00 bits per heavy atom. The molecule has 0 saturated heterocycles. The van der Waals surface area contributed by atoms with Crippen LogP contribution >= 0.6 is 0 Å². The first-order valence-corrected chi connectivity index (χ1v) is 6.31. The van der Waals surface area contributed by atoms with Gasteiger partial charge in [0.1, 0.15) is 0 Å². The van der Waals surface area contributed by atoms with E-state index in [2.05, 4.69) is 20.8 Å². The number of nitrogens with one attached hydrogen (secondary N) is 1. The highest BCUT2D eigenvalue weighted by Crippen LogP contribution is 2.10. The molecule has 2 rings (SSSR count). The molecule has 19 heavy (non-hydrogen) atoms. The lowest BCUT2D eigenvalue weighted by Crippen LogP contribution is -2.40. The molecule has 6 nitrogen and oxygen atoms in total. The molecule has 2 N–H and O–H groups in total. The molecule has 0 fully saturated rings. The van der Waals surface area contributed by atoms with Crippen LogP contribution in [-0.2, 0) is 6.54 Å². The van der Waals surface area contributed by atoms with Crippen molar-refractivity contribution in [1.29, 1.82) is 0 Å². The lowest BCUT2D eigenvalue weighted by molar-refractivity contribution is 0.229. The molecular weight excluding hydrogens is 242 g/mol. The van der Waals surface area contributed by atoms with Gasteiger partial charge in [-0.3, -0.25) is 0 Å². The van der Waals surface area contributed by atoms with Gasteiger partial charge in [0, 0.05) is 12.1 Å². The lowest BCUT2D eigenvalue weighted by Gasteiger charge is -2.25. The highest BCUT2D eigenvalue weighted by atomic mass is 16.3. The molecule has 0 aliphatic rings. The Morgan fingerprint density at radius 3 is 2.68 bits per heavy atom. The van der Waals surface area contributed by atoms with E-state index in [4.69, 9.17) is 5.11 Å². The fourth-order valence-electron chi connectivity index (χ4n) is 1.77. The van der Waals surface area contributed by atoms with Crippen molar-refractivity contribution < 1.29 is 5.11 Å². The van der Waals surface area contributed by atoms with E-state index in [0.29, 0.717) is 13.0 Å². The van der Waals surface area contributed by atoms with Crippen LogP contribution < -0.4 is 5.32 Å². The Kier molecular flexibility index (Phi) is 4.24. The third-order valence-electron chi connectivity index (χ3n) is 3.00. The number of para-hydroxylation sites is 1. The number of tetrazole rings is 1. The van der Waals surface area contributed by atoms with Crippen LogP contribution in [0, 0.1) is 0 Å². The largest absolute Gasteiger partial charge is 0.396 e. The standard InChI is InChI=1S/C13H19N5O/c1-13(2,8-9-19)14-10-12-15-16-17-18(12)11-6-4-3-5-7-11/h3-7,14,19H,8-10H2,1-2H3. The van der Waals surface area contributed by atoms with Crippen molar-refractivity contribution >= 4 is 0 Å². The summed E-state index contributed by atoms with van der Waals surface area (Å²) in [6.45, 7) is 4.79. The van der Waals surface area contributed by atoms with Crippen LogP contribution in [0.25, 0.3) is 5.69 Å². The Hall–Kier alpha value is -1.79. The van der Waals surface area contributed by atoms with Crippen LogP contribution in [0.15, 0.2) is 30.3 Å². The molecule has 0 spiro atoms. The summed E-state index contributed by atoms with van der Waals surface area (Å²) in [5.74, 6) is 0.747. The molecular formula is C13H19N5O. The monoisotopic (exact) mass is 261 g/mol. The van der Waals surface area contributed by atoms with Gasteiger partial charge < -0.3 is 10.4 Å². The normalized spacial score (nSPS) is 11.7. The van der Waals surface area contributed by atoms with Gasteiger partial charge in [0.05, 0.1) is 12.2 Å². The summed E-state index contributed by atoms with van der Waals surface area (Å²) in [7, 11) is 0. The van der Waals surface area contributed by atoms with Crippen LogP contribution in [0.2, 0.25) is 0 Å². The van der Waals surface area contributed by atoms with Crippen molar-refractivity contribution in [2.75, 3.05) is 6.61 Å². The predicted octanol–water partition coefficient (Wildman–Crippen LogP) is 0.913. The van der Waals surface area contributed by atoms with Gasteiger partial charge in [0.15, 0.2) is 5.82 Å². The third kappa shape index (κ3) is 3.59. The number of hydrogen-bond acceptors (Lipinski definition) is 5. The van der Waals surface area contributed by atoms with Gasteiger partial charge in [0.25, 0.3) is 0 Å². The first-order valence-electron chi connectivity index (χ1n) is 6.31. The summed E-state index contributed by atoms with van der Waals surface area (Å²) in [6.07, 6.45) is 0.680. The van der Waals surface area contributed by atoms with Gasteiger partial charge >= 0.3 is 0 Å². The number of rotatable bonds is 6. The fourth-order valence-corrected chi connectivity index (χ4v) is 1.77.